The van der Waals surface area contributed by atoms with Crippen molar-refractivity contribution in [1.82, 2.24) is 10.3 Å². The van der Waals surface area contributed by atoms with E-state index in [-0.39, 0.29) is 30.7 Å². The van der Waals surface area contributed by atoms with Crippen molar-refractivity contribution in [3.05, 3.63) is 42.1 Å². The van der Waals surface area contributed by atoms with Crippen LogP contribution in [0.2, 0.25) is 0 Å². The molecule has 0 bridgehead atoms. The lowest BCUT2D eigenvalue weighted by atomic mass is 9.68. The highest BCUT2D eigenvalue weighted by atomic mass is 35.5. The predicted octanol–water partition coefficient (Wildman–Crippen LogP) is 4.21. The van der Waals surface area contributed by atoms with Crippen molar-refractivity contribution in [2.24, 2.45) is 11.1 Å². The molecule has 2 aromatic rings. The van der Waals surface area contributed by atoms with Crippen LogP contribution in [0.3, 0.4) is 0 Å². The van der Waals surface area contributed by atoms with Gasteiger partial charge in [-0.25, -0.2) is 4.98 Å². The summed E-state index contributed by atoms with van der Waals surface area (Å²) in [5.74, 6) is 1.45. The van der Waals surface area contributed by atoms with Crippen LogP contribution in [-0.2, 0) is 11.2 Å². The van der Waals surface area contributed by atoms with E-state index in [1.165, 1.54) is 0 Å². The largest absolute Gasteiger partial charge is 0.494 e. The number of aromatic nitrogens is 1. The van der Waals surface area contributed by atoms with Gasteiger partial charge in [0.2, 0.25) is 5.91 Å². The van der Waals surface area contributed by atoms with Gasteiger partial charge in [-0.2, -0.15) is 0 Å². The molecular formula is C23H34Cl2N4O2. The molecule has 3 rings (SSSR count). The first-order valence-corrected chi connectivity index (χ1v) is 10.4. The number of pyridine rings is 1. The molecule has 1 aromatic carbocycles. The summed E-state index contributed by atoms with van der Waals surface area (Å²) < 4.78 is 5.88. The minimum Gasteiger partial charge on any atom is -0.494 e. The number of nitrogens with two attached hydrogens (primary N) is 1. The number of ether oxygens (including phenoxy) is 1. The van der Waals surface area contributed by atoms with Crippen molar-refractivity contribution in [2.75, 3.05) is 26.0 Å². The fourth-order valence-corrected chi connectivity index (χ4v) is 4.24. The molecule has 0 atom stereocenters. The molecule has 31 heavy (non-hydrogen) atoms. The molecule has 1 amide bonds. The zero-order valence-electron chi connectivity index (χ0n) is 18.4. The first kappa shape index (κ1) is 27.0. The zero-order chi connectivity index (χ0) is 20.9. The molecule has 1 heterocycles. The molecule has 1 aliphatic rings. The SMILES string of the molecule is CCOc1ccc(-c2ccc(NC)nc2)cc1CC1(C(N)=O)CCC(NC)CC1.Cl.Cl. The normalized spacial score (nSPS) is 20.2. The van der Waals surface area contributed by atoms with Crippen LogP contribution in [0.25, 0.3) is 11.1 Å². The molecular weight excluding hydrogens is 435 g/mol. The standard InChI is InChI=1S/C23H32N4O2.2ClH/c1-4-29-20-7-5-16(17-6-8-21(26-3)27-15-17)13-18(20)14-23(22(24)28)11-9-19(25-2)10-12-23;;/h5-8,13,15,19,25H,4,9-12,14H2,1-3H3,(H2,24,28)(H,26,27);2*1H. The lowest BCUT2D eigenvalue weighted by Gasteiger charge is -2.38. The molecule has 1 aromatic heterocycles. The second-order valence-corrected chi connectivity index (χ2v) is 7.82. The van der Waals surface area contributed by atoms with Gasteiger partial charge in [0.1, 0.15) is 11.6 Å². The molecule has 1 fully saturated rings. The van der Waals surface area contributed by atoms with Gasteiger partial charge in [0.05, 0.1) is 12.0 Å². The van der Waals surface area contributed by atoms with Crippen LogP contribution in [0.5, 0.6) is 5.75 Å². The smallest absolute Gasteiger partial charge is 0.223 e. The Morgan fingerprint density at radius 3 is 2.35 bits per heavy atom. The van der Waals surface area contributed by atoms with E-state index in [2.05, 4.69) is 21.7 Å². The Bertz CT molecular complexity index is 838. The van der Waals surface area contributed by atoms with Crippen molar-refractivity contribution < 1.29 is 9.53 Å². The third kappa shape index (κ3) is 6.25. The van der Waals surface area contributed by atoms with Crippen LogP contribution in [0.1, 0.15) is 38.2 Å². The molecule has 4 N–H and O–H groups in total. The lowest BCUT2D eigenvalue weighted by Crippen LogP contribution is -2.45. The third-order valence-electron chi connectivity index (χ3n) is 6.12. The monoisotopic (exact) mass is 468 g/mol. The molecule has 1 saturated carbocycles. The molecule has 0 spiro atoms. The highest BCUT2D eigenvalue weighted by molar-refractivity contribution is 5.85. The van der Waals surface area contributed by atoms with Crippen LogP contribution in [-0.4, -0.2) is 37.6 Å². The number of amides is 1. The van der Waals surface area contributed by atoms with Crippen molar-refractivity contribution in [3.8, 4) is 16.9 Å². The maximum atomic E-state index is 12.5. The summed E-state index contributed by atoms with van der Waals surface area (Å²) in [7, 11) is 3.83. The minimum atomic E-state index is -0.522. The topological polar surface area (TPSA) is 89.3 Å². The van der Waals surface area contributed by atoms with Gasteiger partial charge < -0.3 is 21.1 Å². The summed E-state index contributed by atoms with van der Waals surface area (Å²) >= 11 is 0. The van der Waals surface area contributed by atoms with Gasteiger partial charge in [0, 0.05) is 24.8 Å². The Kier molecular flexibility index (Phi) is 10.6. The van der Waals surface area contributed by atoms with Crippen LogP contribution in [0, 0.1) is 5.41 Å². The number of anilines is 1. The Hall–Kier alpha value is -2.02. The maximum absolute atomic E-state index is 12.5. The fourth-order valence-electron chi connectivity index (χ4n) is 4.24. The average Bonchev–Trinajstić information content (AvgIpc) is 2.75. The second-order valence-electron chi connectivity index (χ2n) is 7.82. The molecule has 6 nitrogen and oxygen atoms in total. The molecule has 172 valence electrons. The first-order chi connectivity index (χ1) is 14.0. The van der Waals surface area contributed by atoms with Crippen LogP contribution in [0.15, 0.2) is 36.5 Å². The first-order valence-electron chi connectivity index (χ1n) is 10.4. The van der Waals surface area contributed by atoms with Crippen LogP contribution in [0.4, 0.5) is 5.82 Å². The third-order valence-corrected chi connectivity index (χ3v) is 6.12. The highest BCUT2D eigenvalue weighted by Gasteiger charge is 2.40. The molecule has 0 aliphatic heterocycles. The summed E-state index contributed by atoms with van der Waals surface area (Å²) in [5, 5.41) is 6.36. The molecule has 0 radical (unpaired) electrons. The van der Waals surface area contributed by atoms with E-state index in [0.717, 1.165) is 53.9 Å². The summed E-state index contributed by atoms with van der Waals surface area (Å²) in [4.78, 5) is 16.9. The van der Waals surface area contributed by atoms with E-state index in [1.807, 2.05) is 51.5 Å². The van der Waals surface area contributed by atoms with Crippen molar-refractivity contribution in [3.63, 3.8) is 0 Å². The van der Waals surface area contributed by atoms with Gasteiger partial charge in [-0.1, -0.05) is 6.07 Å². The highest BCUT2D eigenvalue weighted by Crippen LogP contribution is 2.41. The van der Waals surface area contributed by atoms with Gasteiger partial charge in [-0.15, -0.1) is 24.8 Å². The number of hydrogen-bond acceptors (Lipinski definition) is 5. The zero-order valence-corrected chi connectivity index (χ0v) is 20.1. The molecule has 0 unspecified atom stereocenters. The number of rotatable bonds is 8. The maximum Gasteiger partial charge on any atom is 0.223 e. The van der Waals surface area contributed by atoms with Gasteiger partial charge in [0.25, 0.3) is 0 Å². The summed E-state index contributed by atoms with van der Waals surface area (Å²) in [5.41, 5.74) is 8.52. The van der Waals surface area contributed by atoms with E-state index in [4.69, 9.17) is 10.5 Å². The molecule has 8 heteroatoms. The van der Waals surface area contributed by atoms with Gasteiger partial charge >= 0.3 is 0 Å². The number of carbonyl (C=O) groups excluding carboxylic acids is 1. The second kappa shape index (κ2) is 12.1. The number of benzene rings is 1. The number of carbonyl (C=O) groups is 1. The van der Waals surface area contributed by atoms with E-state index in [1.54, 1.807) is 0 Å². The summed E-state index contributed by atoms with van der Waals surface area (Å²) in [6.07, 6.45) is 5.96. The van der Waals surface area contributed by atoms with E-state index in [0.29, 0.717) is 19.1 Å². The quantitative estimate of drug-likeness (QED) is 0.539. The summed E-state index contributed by atoms with van der Waals surface area (Å²) in [6.45, 7) is 2.55. The number of nitrogens with zero attached hydrogens (tertiary/aromatic N) is 1. The molecule has 0 saturated heterocycles. The van der Waals surface area contributed by atoms with Crippen LogP contribution >= 0.6 is 24.8 Å². The number of halogens is 2. The minimum absolute atomic E-state index is 0. The average molecular weight is 469 g/mol. The Morgan fingerprint density at radius 1 is 1.16 bits per heavy atom. The van der Waals surface area contributed by atoms with E-state index in [9.17, 15) is 4.79 Å². The fraction of sp³-hybridized carbons (Fsp3) is 0.478. The van der Waals surface area contributed by atoms with Gasteiger partial charge in [-0.3, -0.25) is 4.79 Å². The van der Waals surface area contributed by atoms with Crippen molar-refractivity contribution in [1.29, 1.82) is 0 Å². The Morgan fingerprint density at radius 2 is 1.84 bits per heavy atom. The number of nitrogens with one attached hydrogen (secondary N) is 2. The lowest BCUT2D eigenvalue weighted by molar-refractivity contribution is -0.129. The predicted molar refractivity (Wildman–Crippen MR) is 132 cm³/mol. The van der Waals surface area contributed by atoms with Crippen molar-refractivity contribution >= 4 is 36.5 Å². The molecule has 1 aliphatic carbocycles. The van der Waals surface area contributed by atoms with E-state index < -0.39 is 5.41 Å². The van der Waals surface area contributed by atoms with Crippen LogP contribution < -0.4 is 21.1 Å². The number of hydrogen-bond donors (Lipinski definition) is 3. The van der Waals surface area contributed by atoms with E-state index >= 15 is 0 Å². The van der Waals surface area contributed by atoms with Gasteiger partial charge in [0.15, 0.2) is 0 Å². The Labute approximate surface area is 197 Å². The van der Waals surface area contributed by atoms with Gasteiger partial charge in [-0.05, 0) is 81.5 Å². The number of primary amides is 1. The van der Waals surface area contributed by atoms with Crippen molar-refractivity contribution in [2.45, 2.75) is 45.1 Å². The summed E-state index contributed by atoms with van der Waals surface area (Å²) in [6, 6.07) is 10.6. The Balaban J connectivity index is 0.00000240.